The number of nitrogens with one attached hydrogen (secondary N) is 1. The highest BCUT2D eigenvalue weighted by Crippen LogP contribution is 2.30. The number of nitrogens with zero attached hydrogens (tertiary/aromatic N) is 1. The minimum atomic E-state index is 0.590. The molecule has 0 aliphatic carbocycles. The molecule has 0 saturated heterocycles. The third-order valence-electron chi connectivity index (χ3n) is 1.41. The largest absolute Gasteiger partial charge is 0.457 e. The molecule has 2 heterocycles. The van der Waals surface area contributed by atoms with E-state index < -0.39 is 0 Å². The molecule has 0 amide bonds. The Bertz CT molecular complexity index is 309. The second-order valence-corrected chi connectivity index (χ2v) is 2.14. The van der Waals surface area contributed by atoms with Crippen LogP contribution in [0.1, 0.15) is 0 Å². The van der Waals surface area contributed by atoms with Crippen LogP contribution in [-0.4, -0.2) is 4.98 Å². The van der Waals surface area contributed by atoms with E-state index in [2.05, 4.69) is 10.3 Å². The lowest BCUT2D eigenvalue weighted by atomic mass is 10.3. The first-order valence-corrected chi connectivity index (χ1v) is 3.20. The standard InChI is InChI=1S/C7H7N3O/c8-5-1-2-9-7-6(5)11-4-3-10-7/h1-4H,(H3,8,9,10). The van der Waals surface area contributed by atoms with Crippen LogP contribution in [0.2, 0.25) is 0 Å². The summed E-state index contributed by atoms with van der Waals surface area (Å²) < 4.78 is 5.12. The van der Waals surface area contributed by atoms with Gasteiger partial charge in [-0.05, 0) is 6.07 Å². The number of ether oxygens (including phenoxy) is 1. The molecule has 2 rings (SSSR count). The van der Waals surface area contributed by atoms with Crippen LogP contribution in [0.5, 0.6) is 5.75 Å². The number of rotatable bonds is 0. The van der Waals surface area contributed by atoms with Gasteiger partial charge in [0.15, 0.2) is 11.6 Å². The molecule has 0 fully saturated rings. The first-order valence-electron chi connectivity index (χ1n) is 3.20. The van der Waals surface area contributed by atoms with Gasteiger partial charge in [-0.3, -0.25) is 0 Å². The summed E-state index contributed by atoms with van der Waals surface area (Å²) >= 11 is 0. The zero-order valence-corrected chi connectivity index (χ0v) is 5.74. The zero-order chi connectivity index (χ0) is 7.68. The highest BCUT2D eigenvalue weighted by molar-refractivity contribution is 5.67. The van der Waals surface area contributed by atoms with Crippen molar-refractivity contribution in [1.82, 2.24) is 4.98 Å². The van der Waals surface area contributed by atoms with E-state index in [1.165, 1.54) is 6.26 Å². The maximum atomic E-state index is 5.60. The molecule has 0 aromatic carbocycles. The molecule has 3 N–H and O–H groups in total. The summed E-state index contributed by atoms with van der Waals surface area (Å²) in [5.41, 5.74) is 6.19. The first kappa shape index (κ1) is 6.03. The minimum Gasteiger partial charge on any atom is -0.457 e. The van der Waals surface area contributed by atoms with Crippen LogP contribution in [-0.2, 0) is 0 Å². The average molecular weight is 149 g/mol. The molecule has 1 aliphatic rings. The number of hydrogen-bond donors (Lipinski definition) is 2. The predicted molar refractivity (Wildman–Crippen MR) is 42.0 cm³/mol. The Hall–Kier alpha value is -1.71. The van der Waals surface area contributed by atoms with Crippen molar-refractivity contribution in [2.75, 3.05) is 11.1 Å². The lowest BCUT2D eigenvalue weighted by Gasteiger charge is -2.12. The highest BCUT2D eigenvalue weighted by atomic mass is 16.5. The van der Waals surface area contributed by atoms with E-state index in [0.29, 0.717) is 17.3 Å². The monoisotopic (exact) mass is 149 g/mol. The maximum Gasteiger partial charge on any atom is 0.192 e. The Labute approximate surface area is 63.7 Å². The van der Waals surface area contributed by atoms with E-state index in [1.54, 1.807) is 18.5 Å². The van der Waals surface area contributed by atoms with Gasteiger partial charge in [-0.15, -0.1) is 0 Å². The second-order valence-electron chi connectivity index (χ2n) is 2.14. The van der Waals surface area contributed by atoms with Crippen molar-refractivity contribution in [3.8, 4) is 5.75 Å². The van der Waals surface area contributed by atoms with Crippen molar-refractivity contribution in [3.63, 3.8) is 0 Å². The van der Waals surface area contributed by atoms with Crippen molar-refractivity contribution < 1.29 is 4.74 Å². The number of nitrogen functional groups attached to an aromatic ring is 1. The number of fused-ring (bicyclic) bond motifs is 1. The SMILES string of the molecule is Nc1ccnc2c1OC=CN2. The van der Waals surface area contributed by atoms with Gasteiger partial charge in [0.2, 0.25) is 0 Å². The third-order valence-corrected chi connectivity index (χ3v) is 1.41. The van der Waals surface area contributed by atoms with Gasteiger partial charge in [0.1, 0.15) is 6.26 Å². The quantitative estimate of drug-likeness (QED) is 0.576. The second kappa shape index (κ2) is 2.16. The minimum absolute atomic E-state index is 0.590. The molecular formula is C7H7N3O. The fourth-order valence-electron chi connectivity index (χ4n) is 0.905. The van der Waals surface area contributed by atoms with Gasteiger partial charge in [0, 0.05) is 12.4 Å². The van der Waals surface area contributed by atoms with E-state index in [0.717, 1.165) is 0 Å². The average Bonchev–Trinajstić information content (AvgIpc) is 2.06. The van der Waals surface area contributed by atoms with Gasteiger partial charge in [-0.2, -0.15) is 0 Å². The van der Waals surface area contributed by atoms with Gasteiger partial charge in [0.25, 0.3) is 0 Å². The van der Waals surface area contributed by atoms with Crippen molar-refractivity contribution in [3.05, 3.63) is 24.7 Å². The maximum absolute atomic E-state index is 5.60. The van der Waals surface area contributed by atoms with Crippen LogP contribution in [0.15, 0.2) is 24.7 Å². The van der Waals surface area contributed by atoms with Crippen molar-refractivity contribution >= 4 is 11.5 Å². The van der Waals surface area contributed by atoms with E-state index in [-0.39, 0.29) is 0 Å². The molecule has 0 unspecified atom stereocenters. The smallest absolute Gasteiger partial charge is 0.192 e. The topological polar surface area (TPSA) is 60.2 Å². The summed E-state index contributed by atoms with van der Waals surface area (Å²) in [6, 6.07) is 1.69. The predicted octanol–water partition coefficient (Wildman–Crippen LogP) is 0.939. The summed E-state index contributed by atoms with van der Waals surface area (Å²) in [6.07, 6.45) is 4.82. The normalized spacial score (nSPS) is 13.1. The van der Waals surface area contributed by atoms with Gasteiger partial charge in [0.05, 0.1) is 5.69 Å². The van der Waals surface area contributed by atoms with Gasteiger partial charge < -0.3 is 15.8 Å². The van der Waals surface area contributed by atoms with Crippen LogP contribution in [0.3, 0.4) is 0 Å². The third kappa shape index (κ3) is 0.881. The summed E-state index contributed by atoms with van der Waals surface area (Å²) in [5, 5.41) is 2.91. The van der Waals surface area contributed by atoms with E-state index in [4.69, 9.17) is 10.5 Å². The molecule has 4 nitrogen and oxygen atoms in total. The molecule has 11 heavy (non-hydrogen) atoms. The molecule has 56 valence electrons. The molecule has 0 radical (unpaired) electrons. The van der Waals surface area contributed by atoms with E-state index >= 15 is 0 Å². The fourth-order valence-corrected chi connectivity index (χ4v) is 0.905. The van der Waals surface area contributed by atoms with Crippen LogP contribution in [0.25, 0.3) is 0 Å². The van der Waals surface area contributed by atoms with Crippen LogP contribution in [0, 0.1) is 0 Å². The van der Waals surface area contributed by atoms with Crippen LogP contribution in [0.4, 0.5) is 11.5 Å². The Morgan fingerprint density at radius 1 is 1.55 bits per heavy atom. The molecule has 0 atom stereocenters. The van der Waals surface area contributed by atoms with E-state index in [1.807, 2.05) is 0 Å². The molecule has 4 heteroatoms. The van der Waals surface area contributed by atoms with E-state index in [9.17, 15) is 0 Å². The summed E-state index contributed by atoms with van der Waals surface area (Å²) in [5.74, 6) is 1.25. The number of aromatic nitrogens is 1. The molecule has 0 bridgehead atoms. The summed E-state index contributed by atoms with van der Waals surface area (Å²) in [4.78, 5) is 4.01. The molecule has 1 aliphatic heterocycles. The number of anilines is 2. The Kier molecular flexibility index (Phi) is 1.18. The van der Waals surface area contributed by atoms with Crippen LogP contribution < -0.4 is 15.8 Å². The Morgan fingerprint density at radius 3 is 3.27 bits per heavy atom. The van der Waals surface area contributed by atoms with Gasteiger partial charge >= 0.3 is 0 Å². The van der Waals surface area contributed by atoms with Crippen LogP contribution >= 0.6 is 0 Å². The number of pyridine rings is 1. The molecular weight excluding hydrogens is 142 g/mol. The molecule has 1 aromatic rings. The van der Waals surface area contributed by atoms with Gasteiger partial charge in [-0.25, -0.2) is 4.98 Å². The van der Waals surface area contributed by atoms with Crippen molar-refractivity contribution in [2.24, 2.45) is 0 Å². The Morgan fingerprint density at radius 2 is 2.45 bits per heavy atom. The van der Waals surface area contributed by atoms with Gasteiger partial charge in [-0.1, -0.05) is 0 Å². The van der Waals surface area contributed by atoms with Crippen molar-refractivity contribution in [2.45, 2.75) is 0 Å². The molecule has 1 aromatic heterocycles. The summed E-state index contributed by atoms with van der Waals surface area (Å²) in [6.45, 7) is 0. The Balaban J connectivity index is 2.54. The lowest BCUT2D eigenvalue weighted by molar-refractivity contribution is 0.477. The lowest BCUT2D eigenvalue weighted by Crippen LogP contribution is -2.03. The first-order chi connectivity index (χ1) is 5.38. The number of nitrogens with two attached hydrogens (primary N) is 1. The zero-order valence-electron chi connectivity index (χ0n) is 5.74. The highest BCUT2D eigenvalue weighted by Gasteiger charge is 2.09. The molecule has 0 saturated carbocycles. The number of hydrogen-bond acceptors (Lipinski definition) is 4. The van der Waals surface area contributed by atoms with Crippen molar-refractivity contribution in [1.29, 1.82) is 0 Å². The summed E-state index contributed by atoms with van der Waals surface area (Å²) in [7, 11) is 0. The fraction of sp³-hybridized carbons (Fsp3) is 0. The molecule has 0 spiro atoms.